The van der Waals surface area contributed by atoms with Crippen molar-refractivity contribution < 1.29 is 4.74 Å². The Morgan fingerprint density at radius 1 is 1.43 bits per heavy atom. The van der Waals surface area contributed by atoms with E-state index in [1.807, 2.05) is 19.1 Å². The fraction of sp³-hybridized carbons (Fsp3) is 0.200. The predicted octanol–water partition coefficient (Wildman–Crippen LogP) is 2.71. The van der Waals surface area contributed by atoms with Gasteiger partial charge in [-0.15, -0.1) is 0 Å². The van der Waals surface area contributed by atoms with E-state index in [1.54, 1.807) is 13.3 Å². The highest BCUT2D eigenvalue weighted by molar-refractivity contribution is 9.10. The van der Waals surface area contributed by atoms with Crippen molar-refractivity contribution >= 4 is 27.0 Å². The molecule has 0 unspecified atom stereocenters. The molecular formula is C10H9BrN2O. The highest BCUT2D eigenvalue weighted by Crippen LogP contribution is 2.25. The number of fused-ring (bicyclic) bond motifs is 1. The number of methoxy groups -OCH3 is 1. The summed E-state index contributed by atoms with van der Waals surface area (Å²) in [5, 5.41) is 0. The lowest BCUT2D eigenvalue weighted by molar-refractivity contribution is 0.396. The molecule has 72 valence electrons. The van der Waals surface area contributed by atoms with Gasteiger partial charge in [-0.3, -0.25) is 4.98 Å². The van der Waals surface area contributed by atoms with Crippen molar-refractivity contribution in [3.05, 3.63) is 28.4 Å². The van der Waals surface area contributed by atoms with Crippen LogP contribution in [0.3, 0.4) is 0 Å². The summed E-state index contributed by atoms with van der Waals surface area (Å²) in [6, 6.07) is 3.83. The lowest BCUT2D eigenvalue weighted by atomic mass is 10.2. The van der Waals surface area contributed by atoms with E-state index < -0.39 is 0 Å². The van der Waals surface area contributed by atoms with Gasteiger partial charge in [0.15, 0.2) is 0 Å². The molecule has 2 aromatic heterocycles. The van der Waals surface area contributed by atoms with Crippen molar-refractivity contribution in [3.8, 4) is 5.88 Å². The number of hydrogen-bond donors (Lipinski definition) is 0. The van der Waals surface area contributed by atoms with E-state index in [-0.39, 0.29) is 0 Å². The third kappa shape index (κ3) is 1.46. The van der Waals surface area contributed by atoms with E-state index in [4.69, 9.17) is 4.74 Å². The van der Waals surface area contributed by atoms with Gasteiger partial charge in [0.2, 0.25) is 5.88 Å². The molecule has 14 heavy (non-hydrogen) atoms. The van der Waals surface area contributed by atoms with E-state index in [0.717, 1.165) is 21.1 Å². The minimum atomic E-state index is 0.645. The SMILES string of the molecule is COc1nc2c(Br)ccnc2cc1C. The molecule has 2 heterocycles. The molecule has 0 amide bonds. The number of aromatic nitrogens is 2. The van der Waals surface area contributed by atoms with Crippen LogP contribution in [0.1, 0.15) is 5.56 Å². The first-order valence-corrected chi connectivity index (χ1v) is 4.97. The van der Waals surface area contributed by atoms with Crippen molar-refractivity contribution in [3.63, 3.8) is 0 Å². The van der Waals surface area contributed by atoms with Crippen LogP contribution in [0.4, 0.5) is 0 Å². The maximum Gasteiger partial charge on any atom is 0.216 e. The molecule has 0 atom stereocenters. The number of nitrogens with zero attached hydrogens (tertiary/aromatic N) is 2. The maximum atomic E-state index is 5.15. The van der Waals surface area contributed by atoms with Crippen LogP contribution < -0.4 is 4.74 Å². The Balaban J connectivity index is 2.80. The van der Waals surface area contributed by atoms with Gasteiger partial charge in [-0.25, -0.2) is 4.98 Å². The number of pyridine rings is 2. The molecule has 0 spiro atoms. The zero-order valence-electron chi connectivity index (χ0n) is 7.91. The van der Waals surface area contributed by atoms with Gasteiger partial charge in [-0.1, -0.05) is 0 Å². The van der Waals surface area contributed by atoms with Crippen molar-refractivity contribution in [2.24, 2.45) is 0 Å². The summed E-state index contributed by atoms with van der Waals surface area (Å²) < 4.78 is 6.08. The monoisotopic (exact) mass is 252 g/mol. The van der Waals surface area contributed by atoms with Gasteiger partial charge in [0, 0.05) is 16.2 Å². The quantitative estimate of drug-likeness (QED) is 0.783. The molecule has 0 saturated carbocycles. The topological polar surface area (TPSA) is 35.0 Å². The molecule has 4 heteroatoms. The van der Waals surface area contributed by atoms with Gasteiger partial charge in [-0.05, 0) is 35.0 Å². The molecule has 0 aliphatic carbocycles. The molecule has 0 bridgehead atoms. The van der Waals surface area contributed by atoms with E-state index in [1.165, 1.54) is 0 Å². The largest absolute Gasteiger partial charge is 0.481 e. The number of hydrogen-bond acceptors (Lipinski definition) is 3. The molecule has 0 saturated heterocycles. The second-order valence-electron chi connectivity index (χ2n) is 2.98. The van der Waals surface area contributed by atoms with Crippen molar-refractivity contribution in [1.82, 2.24) is 9.97 Å². The minimum absolute atomic E-state index is 0.645. The molecule has 0 aliphatic rings. The summed E-state index contributed by atoms with van der Waals surface area (Å²) in [6.45, 7) is 1.95. The fourth-order valence-electron chi connectivity index (χ4n) is 1.32. The first-order valence-electron chi connectivity index (χ1n) is 4.18. The number of ether oxygens (including phenoxy) is 1. The highest BCUT2D eigenvalue weighted by Gasteiger charge is 2.06. The van der Waals surface area contributed by atoms with Gasteiger partial charge in [0.1, 0.15) is 5.52 Å². The first kappa shape index (κ1) is 9.40. The molecule has 2 rings (SSSR count). The van der Waals surface area contributed by atoms with Crippen LogP contribution in [0, 0.1) is 6.92 Å². The predicted molar refractivity (Wildman–Crippen MR) is 58.5 cm³/mol. The van der Waals surface area contributed by atoms with Gasteiger partial charge in [-0.2, -0.15) is 0 Å². The summed E-state index contributed by atoms with van der Waals surface area (Å²) >= 11 is 3.43. The van der Waals surface area contributed by atoms with Gasteiger partial charge >= 0.3 is 0 Å². The smallest absolute Gasteiger partial charge is 0.216 e. The third-order valence-corrected chi connectivity index (χ3v) is 2.64. The minimum Gasteiger partial charge on any atom is -0.481 e. The van der Waals surface area contributed by atoms with Crippen LogP contribution in [0.15, 0.2) is 22.8 Å². The summed E-state index contributed by atoms with van der Waals surface area (Å²) in [7, 11) is 1.62. The number of rotatable bonds is 1. The molecular weight excluding hydrogens is 244 g/mol. The lowest BCUT2D eigenvalue weighted by Crippen LogP contribution is -1.93. The van der Waals surface area contributed by atoms with Crippen molar-refractivity contribution in [2.45, 2.75) is 6.92 Å². The van der Waals surface area contributed by atoms with E-state index >= 15 is 0 Å². The molecule has 0 radical (unpaired) electrons. The molecule has 0 aromatic carbocycles. The van der Waals surface area contributed by atoms with E-state index in [2.05, 4.69) is 25.9 Å². The number of halogens is 1. The molecule has 2 aromatic rings. The Morgan fingerprint density at radius 3 is 2.93 bits per heavy atom. The Kier molecular flexibility index (Phi) is 2.37. The average molecular weight is 253 g/mol. The zero-order valence-corrected chi connectivity index (χ0v) is 9.50. The average Bonchev–Trinajstić information content (AvgIpc) is 2.17. The van der Waals surface area contributed by atoms with Gasteiger partial charge < -0.3 is 4.74 Å². The Morgan fingerprint density at radius 2 is 2.21 bits per heavy atom. The second-order valence-corrected chi connectivity index (χ2v) is 3.83. The highest BCUT2D eigenvalue weighted by atomic mass is 79.9. The normalized spacial score (nSPS) is 10.5. The van der Waals surface area contributed by atoms with Crippen LogP contribution in [-0.2, 0) is 0 Å². The van der Waals surface area contributed by atoms with Gasteiger partial charge in [0.25, 0.3) is 0 Å². The third-order valence-electron chi connectivity index (χ3n) is 2.00. The Labute approximate surface area is 90.3 Å². The standard InChI is InChI=1S/C10H9BrN2O/c1-6-5-8-9(13-10(6)14-2)7(11)3-4-12-8/h3-5H,1-2H3. The molecule has 3 nitrogen and oxygen atoms in total. The Hall–Kier alpha value is -1.16. The van der Waals surface area contributed by atoms with E-state index in [0.29, 0.717) is 5.88 Å². The summed E-state index contributed by atoms with van der Waals surface area (Å²) in [4.78, 5) is 8.59. The molecule has 0 fully saturated rings. The summed E-state index contributed by atoms with van der Waals surface area (Å²) in [5.41, 5.74) is 2.69. The second kappa shape index (κ2) is 3.53. The number of aryl methyl sites for hydroxylation is 1. The van der Waals surface area contributed by atoms with Crippen LogP contribution >= 0.6 is 15.9 Å². The van der Waals surface area contributed by atoms with E-state index in [9.17, 15) is 0 Å². The molecule has 0 N–H and O–H groups in total. The summed E-state index contributed by atoms with van der Waals surface area (Å²) in [5.74, 6) is 0.645. The maximum absolute atomic E-state index is 5.15. The molecule has 0 aliphatic heterocycles. The van der Waals surface area contributed by atoms with Crippen LogP contribution in [0.2, 0.25) is 0 Å². The van der Waals surface area contributed by atoms with Gasteiger partial charge in [0.05, 0.1) is 12.6 Å². The Bertz CT molecular complexity index is 485. The zero-order chi connectivity index (χ0) is 10.1. The van der Waals surface area contributed by atoms with Crippen LogP contribution in [-0.4, -0.2) is 17.1 Å². The summed E-state index contributed by atoms with van der Waals surface area (Å²) in [6.07, 6.45) is 1.75. The van der Waals surface area contributed by atoms with Crippen molar-refractivity contribution in [1.29, 1.82) is 0 Å². The first-order chi connectivity index (χ1) is 6.72. The lowest BCUT2D eigenvalue weighted by Gasteiger charge is -2.05. The van der Waals surface area contributed by atoms with Crippen LogP contribution in [0.5, 0.6) is 5.88 Å². The van der Waals surface area contributed by atoms with Crippen molar-refractivity contribution in [2.75, 3.05) is 7.11 Å². The fourth-order valence-corrected chi connectivity index (χ4v) is 1.73. The van der Waals surface area contributed by atoms with Crippen LogP contribution in [0.25, 0.3) is 11.0 Å².